The van der Waals surface area contributed by atoms with Gasteiger partial charge in [-0.05, 0) is 24.6 Å². The number of aliphatic carboxylic acids is 1. The molecule has 13 heteroatoms. The minimum absolute atomic E-state index is 0.208. The number of anilines is 1. The Morgan fingerprint density at radius 1 is 1.19 bits per heavy atom. The van der Waals surface area contributed by atoms with E-state index in [1.807, 2.05) is 0 Å². The highest BCUT2D eigenvalue weighted by Gasteiger charge is 2.38. The standard InChI is InChI=1S/C16H15ClFN3O3.C2HF3O2/c1-9-3-4-10(21-16(23)14(17)18)7-13(9)24-11-5-6-20-12(8-11)15(22)19-2;3-2(4,5)1(6)7/h3-8,14H,1-2H3,(H,19,22)(H,21,23);(H,6,7). The number of pyridine rings is 1. The maximum absolute atomic E-state index is 12.7. The molecule has 0 saturated heterocycles. The zero-order valence-electron chi connectivity index (χ0n) is 16.0. The smallest absolute Gasteiger partial charge is 0.475 e. The van der Waals surface area contributed by atoms with Crippen LogP contribution in [0.25, 0.3) is 0 Å². The number of nitrogens with zero attached hydrogens (tertiary/aromatic N) is 1. The number of carbonyl (C=O) groups is 3. The zero-order valence-corrected chi connectivity index (χ0v) is 16.7. The Morgan fingerprint density at radius 3 is 2.32 bits per heavy atom. The quantitative estimate of drug-likeness (QED) is 0.458. The summed E-state index contributed by atoms with van der Waals surface area (Å²) in [6, 6.07) is 7.91. The summed E-state index contributed by atoms with van der Waals surface area (Å²) in [5.41, 5.74) is -0.802. The SMILES string of the molecule is CNC(=O)c1cc(Oc2cc(NC(=O)C(F)Cl)ccc2C)ccn1.O=C(O)C(F)(F)F. The molecule has 0 bridgehead atoms. The highest BCUT2D eigenvalue weighted by molar-refractivity contribution is 6.31. The van der Waals surface area contributed by atoms with Gasteiger partial charge in [-0.2, -0.15) is 13.2 Å². The first-order valence-electron chi connectivity index (χ1n) is 8.21. The van der Waals surface area contributed by atoms with Crippen molar-refractivity contribution >= 4 is 35.1 Å². The number of halogens is 5. The van der Waals surface area contributed by atoms with Gasteiger partial charge in [-0.25, -0.2) is 9.18 Å². The van der Waals surface area contributed by atoms with Gasteiger partial charge in [0.15, 0.2) is 0 Å². The number of carboxylic acid groups (broad SMARTS) is 1. The molecule has 2 rings (SSSR count). The molecule has 0 saturated carbocycles. The van der Waals surface area contributed by atoms with Gasteiger partial charge in [0.2, 0.25) is 0 Å². The molecular formula is C18H16ClF4N3O5. The average Bonchev–Trinajstić information content (AvgIpc) is 2.69. The van der Waals surface area contributed by atoms with Crippen molar-refractivity contribution in [3.8, 4) is 11.5 Å². The van der Waals surface area contributed by atoms with Crippen molar-refractivity contribution in [3.63, 3.8) is 0 Å². The lowest BCUT2D eigenvalue weighted by Gasteiger charge is -2.12. The number of carboxylic acids is 1. The van der Waals surface area contributed by atoms with E-state index in [1.165, 1.54) is 25.4 Å². The number of carbonyl (C=O) groups excluding carboxylic acids is 2. The Balaban J connectivity index is 0.000000592. The molecule has 0 spiro atoms. The Hall–Kier alpha value is -3.41. The van der Waals surface area contributed by atoms with Crippen LogP contribution < -0.4 is 15.4 Å². The molecule has 0 fully saturated rings. The Labute approximate surface area is 178 Å². The third kappa shape index (κ3) is 8.46. The van der Waals surface area contributed by atoms with E-state index >= 15 is 0 Å². The fourth-order valence-corrected chi connectivity index (χ4v) is 1.89. The van der Waals surface area contributed by atoms with Gasteiger partial charge in [-0.3, -0.25) is 14.6 Å². The van der Waals surface area contributed by atoms with Gasteiger partial charge in [0, 0.05) is 31.1 Å². The van der Waals surface area contributed by atoms with Crippen LogP contribution in [-0.4, -0.2) is 46.7 Å². The lowest BCUT2D eigenvalue weighted by molar-refractivity contribution is -0.192. The Kier molecular flexibility index (Phi) is 9.18. The summed E-state index contributed by atoms with van der Waals surface area (Å²) in [5.74, 6) is -3.22. The second-order valence-electron chi connectivity index (χ2n) is 5.63. The van der Waals surface area contributed by atoms with E-state index in [0.717, 1.165) is 5.56 Å². The lowest BCUT2D eigenvalue weighted by atomic mass is 10.2. The third-order valence-electron chi connectivity index (χ3n) is 3.32. The predicted molar refractivity (Wildman–Crippen MR) is 102 cm³/mol. The maximum Gasteiger partial charge on any atom is 0.490 e. The van der Waals surface area contributed by atoms with Gasteiger partial charge in [-0.1, -0.05) is 17.7 Å². The summed E-state index contributed by atoms with van der Waals surface area (Å²) in [6.45, 7) is 1.81. The highest BCUT2D eigenvalue weighted by Crippen LogP contribution is 2.28. The van der Waals surface area contributed by atoms with Crippen LogP contribution in [0.3, 0.4) is 0 Å². The van der Waals surface area contributed by atoms with E-state index in [2.05, 4.69) is 15.6 Å². The minimum Gasteiger partial charge on any atom is -0.475 e. The molecule has 1 unspecified atom stereocenters. The molecule has 2 amide bonds. The summed E-state index contributed by atoms with van der Waals surface area (Å²) in [5, 5.41) is 11.9. The Morgan fingerprint density at radius 2 is 1.81 bits per heavy atom. The first kappa shape index (κ1) is 25.6. The molecule has 3 N–H and O–H groups in total. The summed E-state index contributed by atoms with van der Waals surface area (Å²) < 4.78 is 50.2. The lowest BCUT2D eigenvalue weighted by Crippen LogP contribution is -2.21. The van der Waals surface area contributed by atoms with Crippen molar-refractivity contribution in [2.75, 3.05) is 12.4 Å². The monoisotopic (exact) mass is 465 g/mol. The van der Waals surface area contributed by atoms with Crippen molar-refractivity contribution in [2.45, 2.75) is 18.7 Å². The van der Waals surface area contributed by atoms with Crippen LogP contribution in [0.2, 0.25) is 0 Å². The predicted octanol–water partition coefficient (Wildman–Crippen LogP) is 3.65. The van der Waals surface area contributed by atoms with Crippen molar-refractivity contribution < 1.29 is 41.8 Å². The second kappa shape index (κ2) is 11.1. The molecule has 0 aliphatic carbocycles. The second-order valence-corrected chi connectivity index (χ2v) is 6.01. The number of hydrogen-bond acceptors (Lipinski definition) is 5. The fourth-order valence-electron chi connectivity index (χ4n) is 1.84. The van der Waals surface area contributed by atoms with Crippen LogP contribution in [0.15, 0.2) is 36.5 Å². The van der Waals surface area contributed by atoms with Crippen molar-refractivity contribution in [1.82, 2.24) is 10.3 Å². The highest BCUT2D eigenvalue weighted by atomic mass is 35.5. The van der Waals surface area contributed by atoms with E-state index in [9.17, 15) is 27.2 Å². The first-order valence-corrected chi connectivity index (χ1v) is 8.64. The number of aromatic nitrogens is 1. The van der Waals surface area contributed by atoms with Crippen LogP contribution in [0.4, 0.5) is 23.2 Å². The molecule has 0 radical (unpaired) electrons. The number of benzene rings is 1. The molecule has 31 heavy (non-hydrogen) atoms. The molecule has 1 aromatic heterocycles. The molecule has 168 valence electrons. The molecular weight excluding hydrogens is 450 g/mol. The summed E-state index contributed by atoms with van der Waals surface area (Å²) >= 11 is 5.08. The van der Waals surface area contributed by atoms with E-state index in [4.69, 9.17) is 26.2 Å². The molecule has 8 nitrogen and oxygen atoms in total. The number of ether oxygens (including phenoxy) is 1. The van der Waals surface area contributed by atoms with E-state index in [-0.39, 0.29) is 11.6 Å². The van der Waals surface area contributed by atoms with Crippen LogP contribution >= 0.6 is 11.6 Å². The largest absolute Gasteiger partial charge is 0.490 e. The number of aryl methyl sites for hydroxylation is 1. The van der Waals surface area contributed by atoms with E-state index < -0.39 is 23.7 Å². The number of rotatable bonds is 5. The first-order chi connectivity index (χ1) is 14.3. The molecule has 1 aromatic carbocycles. The number of hydrogen-bond donors (Lipinski definition) is 3. The van der Waals surface area contributed by atoms with Gasteiger partial charge in [0.1, 0.15) is 17.2 Å². The van der Waals surface area contributed by atoms with Crippen molar-refractivity contribution in [2.24, 2.45) is 0 Å². The number of amides is 2. The topological polar surface area (TPSA) is 118 Å². The van der Waals surface area contributed by atoms with Gasteiger partial charge >= 0.3 is 12.1 Å². The fraction of sp³-hybridized carbons (Fsp3) is 0.222. The summed E-state index contributed by atoms with van der Waals surface area (Å²) in [6.07, 6.45) is -3.64. The van der Waals surface area contributed by atoms with Crippen molar-refractivity contribution in [3.05, 3.63) is 47.8 Å². The minimum atomic E-state index is -5.08. The summed E-state index contributed by atoms with van der Waals surface area (Å²) in [4.78, 5) is 35.7. The zero-order chi connectivity index (χ0) is 23.8. The van der Waals surface area contributed by atoms with Gasteiger partial charge in [0.05, 0.1) is 0 Å². The van der Waals surface area contributed by atoms with E-state index in [0.29, 0.717) is 17.2 Å². The van der Waals surface area contributed by atoms with Crippen LogP contribution in [-0.2, 0) is 9.59 Å². The molecule has 0 aliphatic rings. The number of nitrogens with one attached hydrogen (secondary N) is 2. The number of alkyl halides is 5. The summed E-state index contributed by atoms with van der Waals surface area (Å²) in [7, 11) is 1.50. The van der Waals surface area contributed by atoms with Crippen LogP contribution in [0.5, 0.6) is 11.5 Å². The molecule has 2 aromatic rings. The van der Waals surface area contributed by atoms with Gasteiger partial charge < -0.3 is 20.5 Å². The molecule has 1 atom stereocenters. The van der Waals surface area contributed by atoms with Crippen molar-refractivity contribution in [1.29, 1.82) is 0 Å². The van der Waals surface area contributed by atoms with E-state index in [1.54, 1.807) is 25.1 Å². The van der Waals surface area contributed by atoms with Crippen LogP contribution in [0, 0.1) is 6.92 Å². The van der Waals surface area contributed by atoms with Gasteiger partial charge in [0.25, 0.3) is 17.4 Å². The normalized spacial score (nSPS) is 11.5. The van der Waals surface area contributed by atoms with Crippen LogP contribution in [0.1, 0.15) is 16.1 Å². The molecule has 1 heterocycles. The Bertz CT molecular complexity index is 954. The average molecular weight is 466 g/mol. The maximum atomic E-state index is 12.7. The third-order valence-corrected chi connectivity index (χ3v) is 3.51. The van der Waals surface area contributed by atoms with Gasteiger partial charge in [-0.15, -0.1) is 0 Å². The molecule has 0 aliphatic heterocycles.